The first-order valence-electron chi connectivity index (χ1n) is 6.09. The Morgan fingerprint density at radius 1 is 1.37 bits per heavy atom. The van der Waals surface area contributed by atoms with Crippen molar-refractivity contribution < 1.29 is 13.6 Å². The Kier molecular flexibility index (Phi) is 4.20. The minimum absolute atomic E-state index is 0.0173. The molecular formula is C13H15BrF2N2O. The van der Waals surface area contributed by atoms with Crippen molar-refractivity contribution in [2.75, 3.05) is 13.1 Å². The van der Waals surface area contributed by atoms with Gasteiger partial charge in [0.15, 0.2) is 11.6 Å². The molecule has 0 saturated carbocycles. The van der Waals surface area contributed by atoms with E-state index in [0.29, 0.717) is 13.1 Å². The topological polar surface area (TPSA) is 32.3 Å². The highest BCUT2D eigenvalue weighted by atomic mass is 79.9. The number of carbonyl (C=O) groups is 1. The highest BCUT2D eigenvalue weighted by Gasteiger charge is 2.29. The van der Waals surface area contributed by atoms with Crippen molar-refractivity contribution in [3.8, 4) is 0 Å². The van der Waals surface area contributed by atoms with E-state index in [2.05, 4.69) is 21.2 Å². The van der Waals surface area contributed by atoms with E-state index in [9.17, 15) is 13.6 Å². The quantitative estimate of drug-likeness (QED) is 0.801. The fourth-order valence-corrected chi connectivity index (χ4v) is 2.63. The summed E-state index contributed by atoms with van der Waals surface area (Å²) in [6.07, 6.45) is 0. The van der Waals surface area contributed by atoms with Gasteiger partial charge in [-0.15, -0.1) is 0 Å². The van der Waals surface area contributed by atoms with Crippen molar-refractivity contribution in [1.29, 1.82) is 0 Å². The molecule has 1 aromatic rings. The molecule has 1 aromatic carbocycles. The highest BCUT2D eigenvalue weighted by molar-refractivity contribution is 9.10. The van der Waals surface area contributed by atoms with Gasteiger partial charge >= 0.3 is 0 Å². The van der Waals surface area contributed by atoms with E-state index in [1.165, 1.54) is 0 Å². The van der Waals surface area contributed by atoms with Gasteiger partial charge < -0.3 is 10.2 Å². The Bertz CT molecular complexity index is 510. The van der Waals surface area contributed by atoms with Crippen LogP contribution in [-0.2, 0) is 0 Å². The zero-order valence-electron chi connectivity index (χ0n) is 10.7. The zero-order valence-corrected chi connectivity index (χ0v) is 12.3. The SMILES string of the molecule is CC1CN(C(=O)c2cc(F)c(F)cc2Br)C(C)CN1. The lowest BCUT2D eigenvalue weighted by atomic mass is 10.1. The van der Waals surface area contributed by atoms with E-state index in [4.69, 9.17) is 0 Å². The van der Waals surface area contributed by atoms with E-state index in [1.54, 1.807) is 4.90 Å². The monoisotopic (exact) mass is 332 g/mol. The first kappa shape index (κ1) is 14.4. The maximum atomic E-state index is 13.3. The Morgan fingerprint density at radius 2 is 2.00 bits per heavy atom. The highest BCUT2D eigenvalue weighted by Crippen LogP contribution is 2.23. The van der Waals surface area contributed by atoms with Gasteiger partial charge in [-0.05, 0) is 41.9 Å². The van der Waals surface area contributed by atoms with E-state index in [0.717, 1.165) is 12.1 Å². The molecule has 1 amide bonds. The molecule has 0 radical (unpaired) electrons. The number of halogens is 3. The van der Waals surface area contributed by atoms with Crippen LogP contribution in [-0.4, -0.2) is 36.0 Å². The number of piperazine rings is 1. The van der Waals surface area contributed by atoms with Gasteiger partial charge in [-0.25, -0.2) is 8.78 Å². The number of nitrogens with one attached hydrogen (secondary N) is 1. The summed E-state index contributed by atoms with van der Waals surface area (Å²) in [6.45, 7) is 5.14. The lowest BCUT2D eigenvalue weighted by Gasteiger charge is -2.37. The largest absolute Gasteiger partial charge is 0.333 e. The molecule has 1 aliphatic rings. The molecule has 6 heteroatoms. The van der Waals surface area contributed by atoms with Crippen LogP contribution in [0.15, 0.2) is 16.6 Å². The Labute approximate surface area is 119 Å². The van der Waals surface area contributed by atoms with Crippen molar-refractivity contribution in [2.24, 2.45) is 0 Å². The van der Waals surface area contributed by atoms with E-state index in [-0.39, 0.29) is 28.0 Å². The van der Waals surface area contributed by atoms with Gasteiger partial charge in [-0.1, -0.05) is 0 Å². The minimum Gasteiger partial charge on any atom is -0.333 e. The van der Waals surface area contributed by atoms with Crippen molar-refractivity contribution in [1.82, 2.24) is 10.2 Å². The predicted molar refractivity (Wildman–Crippen MR) is 72.0 cm³/mol. The number of amides is 1. The van der Waals surface area contributed by atoms with E-state index < -0.39 is 11.6 Å². The van der Waals surface area contributed by atoms with Gasteiger partial charge in [-0.2, -0.15) is 0 Å². The second-order valence-electron chi connectivity index (χ2n) is 4.86. The van der Waals surface area contributed by atoms with Crippen LogP contribution in [0.25, 0.3) is 0 Å². The average Bonchev–Trinajstić information content (AvgIpc) is 2.36. The molecule has 3 nitrogen and oxygen atoms in total. The van der Waals surface area contributed by atoms with Crippen molar-refractivity contribution in [3.63, 3.8) is 0 Å². The smallest absolute Gasteiger partial charge is 0.255 e. The van der Waals surface area contributed by atoms with Crippen LogP contribution >= 0.6 is 15.9 Å². The van der Waals surface area contributed by atoms with Crippen molar-refractivity contribution in [2.45, 2.75) is 25.9 Å². The van der Waals surface area contributed by atoms with E-state index in [1.807, 2.05) is 13.8 Å². The molecule has 0 spiro atoms. The molecule has 0 aromatic heterocycles. The fraction of sp³-hybridized carbons (Fsp3) is 0.462. The molecule has 2 atom stereocenters. The number of hydrogen-bond donors (Lipinski definition) is 1. The number of hydrogen-bond acceptors (Lipinski definition) is 2. The minimum atomic E-state index is -1.01. The lowest BCUT2D eigenvalue weighted by molar-refractivity contribution is 0.0614. The van der Waals surface area contributed by atoms with Gasteiger partial charge in [0.25, 0.3) is 5.91 Å². The lowest BCUT2D eigenvalue weighted by Crippen LogP contribution is -2.56. The molecule has 2 rings (SSSR count). The van der Waals surface area contributed by atoms with Crippen LogP contribution in [0.1, 0.15) is 24.2 Å². The Morgan fingerprint density at radius 3 is 2.68 bits per heavy atom. The summed E-state index contributed by atoms with van der Waals surface area (Å²) >= 11 is 3.11. The van der Waals surface area contributed by atoms with Gasteiger partial charge in [0, 0.05) is 29.6 Å². The maximum absolute atomic E-state index is 13.3. The summed E-state index contributed by atoms with van der Waals surface area (Å²) in [7, 11) is 0. The molecular weight excluding hydrogens is 318 g/mol. The van der Waals surface area contributed by atoms with Crippen LogP contribution in [0.5, 0.6) is 0 Å². The van der Waals surface area contributed by atoms with E-state index >= 15 is 0 Å². The molecule has 1 fully saturated rings. The van der Waals surface area contributed by atoms with Gasteiger partial charge in [0.05, 0.1) is 5.56 Å². The van der Waals surface area contributed by atoms with Crippen LogP contribution in [0.4, 0.5) is 8.78 Å². The first-order valence-corrected chi connectivity index (χ1v) is 6.88. The normalized spacial score (nSPS) is 23.5. The predicted octanol–water partition coefficient (Wildman–Crippen LogP) is 2.55. The number of carbonyl (C=O) groups excluding carboxylic acids is 1. The Hall–Kier alpha value is -1.01. The third-order valence-corrected chi connectivity index (χ3v) is 3.92. The second kappa shape index (κ2) is 5.54. The third kappa shape index (κ3) is 2.95. The molecule has 2 unspecified atom stereocenters. The first-order chi connectivity index (χ1) is 8.90. The van der Waals surface area contributed by atoms with Crippen LogP contribution < -0.4 is 5.32 Å². The number of nitrogens with zero attached hydrogens (tertiary/aromatic N) is 1. The molecule has 1 heterocycles. The number of rotatable bonds is 1. The van der Waals surface area contributed by atoms with Gasteiger partial charge in [-0.3, -0.25) is 4.79 Å². The zero-order chi connectivity index (χ0) is 14.2. The summed E-state index contributed by atoms with van der Waals surface area (Å²) in [5.74, 6) is -2.26. The van der Waals surface area contributed by atoms with Gasteiger partial charge in [0.2, 0.25) is 0 Å². The van der Waals surface area contributed by atoms with Crippen LogP contribution in [0.3, 0.4) is 0 Å². The fourth-order valence-electron chi connectivity index (χ4n) is 2.15. The maximum Gasteiger partial charge on any atom is 0.255 e. The Balaban J connectivity index is 2.31. The van der Waals surface area contributed by atoms with Crippen molar-refractivity contribution in [3.05, 3.63) is 33.8 Å². The summed E-state index contributed by atoms with van der Waals surface area (Å²) in [5, 5.41) is 3.26. The molecule has 0 aliphatic carbocycles. The molecule has 104 valence electrons. The van der Waals surface area contributed by atoms with Crippen LogP contribution in [0.2, 0.25) is 0 Å². The molecule has 1 aliphatic heterocycles. The second-order valence-corrected chi connectivity index (χ2v) is 5.72. The summed E-state index contributed by atoms with van der Waals surface area (Å²) in [5.41, 5.74) is 0.153. The number of benzene rings is 1. The summed E-state index contributed by atoms with van der Waals surface area (Å²) in [4.78, 5) is 14.1. The molecule has 19 heavy (non-hydrogen) atoms. The average molecular weight is 333 g/mol. The molecule has 1 saturated heterocycles. The van der Waals surface area contributed by atoms with Gasteiger partial charge in [0.1, 0.15) is 0 Å². The van der Waals surface area contributed by atoms with Crippen LogP contribution in [0, 0.1) is 11.6 Å². The third-order valence-electron chi connectivity index (χ3n) is 3.27. The molecule has 1 N–H and O–H groups in total. The summed E-state index contributed by atoms with van der Waals surface area (Å²) < 4.78 is 26.6. The summed E-state index contributed by atoms with van der Waals surface area (Å²) in [6, 6.07) is 2.13. The van der Waals surface area contributed by atoms with Crippen molar-refractivity contribution >= 4 is 21.8 Å². The standard InChI is InChI=1S/C13H15BrF2N2O/c1-7-6-18(8(2)5-17-7)13(19)9-3-11(15)12(16)4-10(9)14/h3-4,7-8,17H,5-6H2,1-2H3. The molecule has 0 bridgehead atoms.